The molecule has 2 aromatic carbocycles. The van der Waals surface area contributed by atoms with Crippen LogP contribution in [0, 0.1) is 12.1 Å². The van der Waals surface area contributed by atoms with E-state index in [1.807, 2.05) is 0 Å². The molecule has 0 amide bonds. The zero-order valence-electron chi connectivity index (χ0n) is 16.4. The van der Waals surface area contributed by atoms with Gasteiger partial charge in [-0.1, -0.05) is 17.7 Å². The molecule has 168 valence electrons. The van der Waals surface area contributed by atoms with Crippen molar-refractivity contribution in [1.29, 1.82) is 0 Å². The van der Waals surface area contributed by atoms with Gasteiger partial charge in [-0.15, -0.1) is 13.2 Å². The Morgan fingerprint density at radius 2 is 1.75 bits per heavy atom. The molecule has 0 radical (unpaired) electrons. The van der Waals surface area contributed by atoms with Gasteiger partial charge in [0, 0.05) is 23.6 Å². The first kappa shape index (κ1) is 23.6. The van der Waals surface area contributed by atoms with Crippen LogP contribution in [-0.4, -0.2) is 20.6 Å². The van der Waals surface area contributed by atoms with Gasteiger partial charge < -0.3 is 9.94 Å². The van der Waals surface area contributed by atoms with Gasteiger partial charge in [-0.25, -0.2) is 8.42 Å². The number of rotatable bonds is 6. The van der Waals surface area contributed by atoms with Gasteiger partial charge in [0.05, 0.1) is 16.2 Å². The van der Waals surface area contributed by atoms with Crippen molar-refractivity contribution >= 4 is 27.2 Å². The topological polar surface area (TPSA) is 87.4 Å². The lowest BCUT2D eigenvalue weighted by molar-refractivity contribution is -0.612. The molecule has 11 heteroatoms. The minimum absolute atomic E-state index is 0.00704. The molecule has 0 atom stereocenters. The molecule has 3 rings (SSSR count). The number of pyridine rings is 1. The maximum Gasteiger partial charge on any atom is 0.573 e. The van der Waals surface area contributed by atoms with E-state index in [0.717, 1.165) is 24.3 Å². The Labute approximate surface area is 186 Å². The molecule has 32 heavy (non-hydrogen) atoms. The summed E-state index contributed by atoms with van der Waals surface area (Å²) in [5.41, 5.74) is 0.326. The SMILES string of the molecule is Cc1c(C(=O)c2cc(Cl)ccc2CS(=O)(=O)c2ccc(OC(F)(F)F)cc2)ccc[n+]1[O-]. The molecule has 0 spiro atoms. The highest BCUT2D eigenvalue weighted by Crippen LogP contribution is 2.27. The average Bonchev–Trinajstić information content (AvgIpc) is 2.70. The summed E-state index contributed by atoms with van der Waals surface area (Å²) in [6.07, 6.45) is -3.68. The number of aromatic nitrogens is 1. The number of alkyl halides is 3. The Balaban J connectivity index is 1.95. The van der Waals surface area contributed by atoms with Crippen molar-refractivity contribution in [2.75, 3.05) is 0 Å². The number of hydrogen-bond acceptors (Lipinski definition) is 5. The first-order chi connectivity index (χ1) is 14.9. The molecule has 0 aliphatic carbocycles. The third-order valence-corrected chi connectivity index (χ3v) is 6.44. The zero-order valence-corrected chi connectivity index (χ0v) is 18.0. The van der Waals surface area contributed by atoms with Gasteiger partial charge in [-0.3, -0.25) is 4.79 Å². The van der Waals surface area contributed by atoms with E-state index in [1.54, 1.807) is 0 Å². The summed E-state index contributed by atoms with van der Waals surface area (Å²) >= 11 is 6.00. The van der Waals surface area contributed by atoms with Crippen molar-refractivity contribution in [1.82, 2.24) is 0 Å². The number of carbonyl (C=O) groups is 1. The smallest absolute Gasteiger partial charge is 0.573 e. The Bertz CT molecular complexity index is 1280. The van der Waals surface area contributed by atoms with E-state index < -0.39 is 33.5 Å². The molecule has 0 unspecified atom stereocenters. The molecule has 1 heterocycles. The summed E-state index contributed by atoms with van der Waals surface area (Å²) in [7, 11) is -4.04. The highest BCUT2D eigenvalue weighted by Gasteiger charge is 2.31. The van der Waals surface area contributed by atoms with E-state index in [4.69, 9.17) is 11.6 Å². The predicted octanol–water partition coefficient (Wildman–Crippen LogP) is 4.39. The monoisotopic (exact) mass is 485 g/mol. The van der Waals surface area contributed by atoms with Gasteiger partial charge in [0.2, 0.25) is 5.69 Å². The van der Waals surface area contributed by atoms with Crippen molar-refractivity contribution in [2.45, 2.75) is 23.9 Å². The van der Waals surface area contributed by atoms with Crippen LogP contribution in [0.3, 0.4) is 0 Å². The lowest BCUT2D eigenvalue weighted by atomic mass is 9.98. The lowest BCUT2D eigenvalue weighted by Gasteiger charge is -2.12. The number of benzene rings is 2. The molecular weight excluding hydrogens is 471 g/mol. The van der Waals surface area contributed by atoms with Gasteiger partial charge in [-0.2, -0.15) is 4.73 Å². The number of ether oxygens (including phenoxy) is 1. The Morgan fingerprint density at radius 1 is 1.09 bits per heavy atom. The van der Waals surface area contributed by atoms with Gasteiger partial charge in [-0.05, 0) is 48.0 Å². The zero-order chi connectivity index (χ0) is 23.7. The van der Waals surface area contributed by atoms with Crippen LogP contribution in [0.5, 0.6) is 5.75 Å². The van der Waals surface area contributed by atoms with Crippen LogP contribution in [0.1, 0.15) is 27.2 Å². The van der Waals surface area contributed by atoms with Crippen LogP contribution >= 0.6 is 11.6 Å². The molecular formula is C21H15ClF3NO5S. The van der Waals surface area contributed by atoms with Crippen LogP contribution < -0.4 is 9.47 Å². The summed E-state index contributed by atoms with van der Waals surface area (Å²) in [6.45, 7) is 1.45. The Morgan fingerprint density at radius 3 is 2.38 bits per heavy atom. The maximum atomic E-state index is 13.1. The maximum absolute atomic E-state index is 13.1. The number of carbonyl (C=O) groups excluding carboxylic acids is 1. The molecule has 6 nitrogen and oxygen atoms in total. The van der Waals surface area contributed by atoms with Gasteiger partial charge in [0.25, 0.3) is 0 Å². The second kappa shape index (κ2) is 8.79. The molecule has 1 aromatic heterocycles. The third kappa shape index (κ3) is 5.38. The number of hydrogen-bond donors (Lipinski definition) is 0. The minimum Gasteiger partial charge on any atom is -0.618 e. The number of sulfone groups is 1. The lowest BCUT2D eigenvalue weighted by Crippen LogP contribution is -2.31. The summed E-state index contributed by atoms with van der Waals surface area (Å²) in [6, 6.07) is 10.6. The molecule has 0 aliphatic heterocycles. The molecule has 0 fully saturated rings. The third-order valence-electron chi connectivity index (χ3n) is 4.53. The predicted molar refractivity (Wildman–Crippen MR) is 109 cm³/mol. The number of halogens is 4. The van der Waals surface area contributed by atoms with Crippen molar-refractivity contribution in [3.63, 3.8) is 0 Å². The second-order valence-corrected chi connectivity index (χ2v) is 9.17. The molecule has 0 N–H and O–H groups in total. The standard InChI is InChI=1S/C21H15ClF3NO5S/c1-13-18(3-2-10-26(13)28)20(27)19-11-15(22)5-4-14(19)12-32(29,30)17-8-6-16(7-9-17)31-21(23,24)25/h2-11H,12H2,1H3. The number of nitrogens with zero attached hydrogens (tertiary/aromatic N) is 1. The van der Waals surface area contributed by atoms with E-state index in [9.17, 15) is 31.6 Å². The highest BCUT2D eigenvalue weighted by molar-refractivity contribution is 7.90. The van der Waals surface area contributed by atoms with E-state index in [2.05, 4.69) is 4.74 Å². The quantitative estimate of drug-likeness (QED) is 0.294. The van der Waals surface area contributed by atoms with Crippen molar-refractivity contribution < 1.29 is 35.9 Å². The summed E-state index contributed by atoms with van der Waals surface area (Å²) < 4.78 is 66.9. The fourth-order valence-corrected chi connectivity index (χ4v) is 4.53. The van der Waals surface area contributed by atoms with Crippen molar-refractivity contribution in [3.05, 3.63) is 93.4 Å². The summed E-state index contributed by atoms with van der Waals surface area (Å²) in [5, 5.41) is 12.0. The van der Waals surface area contributed by atoms with Crippen LogP contribution in [0.2, 0.25) is 5.02 Å². The normalized spacial score (nSPS) is 11.9. The summed E-state index contributed by atoms with van der Waals surface area (Å²) in [5.74, 6) is -1.77. The molecule has 0 bridgehead atoms. The first-order valence-electron chi connectivity index (χ1n) is 8.98. The highest BCUT2D eigenvalue weighted by atomic mass is 35.5. The molecule has 0 saturated carbocycles. The Hall–Kier alpha value is -3.11. The summed E-state index contributed by atoms with van der Waals surface area (Å²) in [4.78, 5) is 12.8. The fraction of sp³-hybridized carbons (Fsp3) is 0.143. The first-order valence-corrected chi connectivity index (χ1v) is 11.0. The van der Waals surface area contributed by atoms with Crippen LogP contribution in [0.4, 0.5) is 13.2 Å². The molecule has 0 aliphatic rings. The van der Waals surface area contributed by atoms with E-state index in [0.29, 0.717) is 4.73 Å². The van der Waals surface area contributed by atoms with Crippen LogP contribution in [0.15, 0.2) is 65.7 Å². The fourth-order valence-electron chi connectivity index (χ4n) is 2.98. The second-order valence-electron chi connectivity index (χ2n) is 6.74. The van der Waals surface area contributed by atoms with Crippen LogP contribution in [0.25, 0.3) is 0 Å². The van der Waals surface area contributed by atoms with Gasteiger partial charge in [0.1, 0.15) is 5.75 Å². The van der Waals surface area contributed by atoms with E-state index >= 15 is 0 Å². The van der Waals surface area contributed by atoms with Crippen molar-refractivity contribution in [2.24, 2.45) is 0 Å². The largest absolute Gasteiger partial charge is 0.618 e. The van der Waals surface area contributed by atoms with Crippen molar-refractivity contribution in [3.8, 4) is 5.75 Å². The molecule has 3 aromatic rings. The van der Waals surface area contributed by atoms with E-state index in [1.165, 1.54) is 43.5 Å². The van der Waals surface area contributed by atoms with Gasteiger partial charge in [0.15, 0.2) is 21.8 Å². The Kier molecular flexibility index (Phi) is 6.47. The van der Waals surface area contributed by atoms with Crippen LogP contribution in [-0.2, 0) is 15.6 Å². The average molecular weight is 486 g/mol. The van der Waals surface area contributed by atoms with E-state index in [-0.39, 0.29) is 32.3 Å². The molecule has 0 saturated heterocycles. The number of ketones is 1. The van der Waals surface area contributed by atoms with Gasteiger partial charge >= 0.3 is 6.36 Å². The minimum atomic E-state index is -4.91.